The van der Waals surface area contributed by atoms with Gasteiger partial charge in [0, 0.05) is 23.2 Å². The maximum atomic E-state index is 13.0. The van der Waals surface area contributed by atoms with Gasteiger partial charge in [-0.15, -0.1) is 0 Å². The van der Waals surface area contributed by atoms with Crippen molar-refractivity contribution in [3.05, 3.63) is 60.3 Å². The highest BCUT2D eigenvalue weighted by Gasteiger charge is 2.33. The van der Waals surface area contributed by atoms with Crippen LogP contribution in [-0.4, -0.2) is 10.1 Å². The van der Waals surface area contributed by atoms with Gasteiger partial charge in [0.2, 0.25) is 0 Å². The Balaban J connectivity index is 2.28. The van der Waals surface area contributed by atoms with Crippen LogP contribution in [0.3, 0.4) is 0 Å². The zero-order chi connectivity index (χ0) is 15.0. The van der Waals surface area contributed by atoms with Crippen LogP contribution in [0.25, 0.3) is 22.0 Å². The highest BCUT2D eigenvalue weighted by atomic mass is 19.4. The summed E-state index contributed by atoms with van der Waals surface area (Å²) in [7, 11) is 0. The maximum absolute atomic E-state index is 13.0. The maximum Gasteiger partial charge on any atom is 0.418 e. The molecule has 5 heteroatoms. The van der Waals surface area contributed by atoms with Crippen LogP contribution in [-0.2, 0) is 6.18 Å². The Bertz CT molecular complexity index is 795. The van der Waals surface area contributed by atoms with E-state index in [4.69, 9.17) is 0 Å². The summed E-state index contributed by atoms with van der Waals surface area (Å²) in [5.41, 5.74) is 0.312. The van der Waals surface area contributed by atoms with Gasteiger partial charge in [-0.05, 0) is 23.8 Å². The van der Waals surface area contributed by atoms with E-state index in [2.05, 4.69) is 11.1 Å². The predicted molar refractivity (Wildman–Crippen MR) is 72.7 cm³/mol. The van der Waals surface area contributed by atoms with Crippen molar-refractivity contribution < 1.29 is 18.3 Å². The number of pyridine rings is 1. The second-order valence-corrected chi connectivity index (χ2v) is 4.52. The number of benzene rings is 2. The lowest BCUT2D eigenvalue weighted by atomic mass is 9.99. The van der Waals surface area contributed by atoms with Gasteiger partial charge in [0.25, 0.3) is 0 Å². The van der Waals surface area contributed by atoms with E-state index in [9.17, 15) is 18.3 Å². The number of nitrogens with zero attached hydrogens (tertiary/aromatic N) is 1. The third kappa shape index (κ3) is 2.42. The normalized spacial score (nSPS) is 11.8. The minimum absolute atomic E-state index is 0.0908. The summed E-state index contributed by atoms with van der Waals surface area (Å²) in [5.74, 6) is 0.0908. The molecule has 1 radical (unpaired) electrons. The van der Waals surface area contributed by atoms with E-state index in [1.807, 2.05) is 0 Å². The smallest absolute Gasteiger partial charge is 0.418 e. The van der Waals surface area contributed by atoms with Crippen LogP contribution >= 0.6 is 0 Å². The summed E-state index contributed by atoms with van der Waals surface area (Å²) in [6.45, 7) is 0. The van der Waals surface area contributed by atoms with Crippen molar-refractivity contribution in [2.75, 3.05) is 0 Å². The second-order valence-electron chi connectivity index (χ2n) is 4.52. The van der Waals surface area contributed by atoms with Gasteiger partial charge in [0.15, 0.2) is 0 Å². The largest absolute Gasteiger partial charge is 0.508 e. The number of aromatic hydroxyl groups is 1. The molecule has 0 spiro atoms. The third-order valence-corrected chi connectivity index (χ3v) is 3.17. The van der Waals surface area contributed by atoms with E-state index >= 15 is 0 Å². The quantitative estimate of drug-likeness (QED) is 0.718. The molecule has 21 heavy (non-hydrogen) atoms. The molecule has 0 aliphatic rings. The topological polar surface area (TPSA) is 33.1 Å². The zero-order valence-corrected chi connectivity index (χ0v) is 10.6. The van der Waals surface area contributed by atoms with Gasteiger partial charge >= 0.3 is 6.18 Å². The summed E-state index contributed by atoms with van der Waals surface area (Å²) in [6, 6.07) is 13.0. The van der Waals surface area contributed by atoms with Crippen LogP contribution < -0.4 is 0 Å². The molecule has 2 nitrogen and oxygen atoms in total. The molecule has 0 bridgehead atoms. The monoisotopic (exact) mass is 288 g/mol. The van der Waals surface area contributed by atoms with Crippen molar-refractivity contribution in [2.24, 2.45) is 0 Å². The molecule has 0 aliphatic carbocycles. The Morgan fingerprint density at radius 2 is 1.71 bits per heavy atom. The SMILES string of the molecule is Oc1ccc(-c2[c]cnc3c(C(F)(F)F)cccc23)cc1. The number of phenolic OH excluding ortho intramolecular Hbond substituents is 1. The van der Waals surface area contributed by atoms with E-state index < -0.39 is 11.7 Å². The first-order chi connectivity index (χ1) is 9.97. The molecule has 0 saturated heterocycles. The standard InChI is InChI=1S/C16H9F3NO/c17-16(18,19)14-3-1-2-13-12(8-9-20-15(13)14)10-4-6-11(21)7-5-10/h1-7,9,21H. The molecule has 3 rings (SSSR count). The first-order valence-corrected chi connectivity index (χ1v) is 6.13. The van der Waals surface area contributed by atoms with Crippen molar-refractivity contribution >= 4 is 10.9 Å². The number of aromatic nitrogens is 1. The zero-order valence-electron chi connectivity index (χ0n) is 10.6. The van der Waals surface area contributed by atoms with Crippen LogP contribution in [0.4, 0.5) is 13.2 Å². The molecule has 0 saturated carbocycles. The molecular formula is C16H9F3NO. The number of fused-ring (bicyclic) bond motifs is 1. The number of hydrogen-bond donors (Lipinski definition) is 1. The van der Waals surface area contributed by atoms with Crippen molar-refractivity contribution in [1.82, 2.24) is 4.98 Å². The molecular weight excluding hydrogens is 279 g/mol. The van der Waals surface area contributed by atoms with Gasteiger partial charge in [-0.1, -0.05) is 24.3 Å². The van der Waals surface area contributed by atoms with E-state index in [0.717, 1.165) is 6.07 Å². The Morgan fingerprint density at radius 3 is 2.38 bits per heavy atom. The Labute approximate surface area is 118 Å². The van der Waals surface area contributed by atoms with E-state index in [1.165, 1.54) is 24.4 Å². The van der Waals surface area contributed by atoms with Crippen LogP contribution in [0.2, 0.25) is 0 Å². The fourth-order valence-corrected chi connectivity index (χ4v) is 2.22. The number of halogens is 3. The molecule has 1 aromatic heterocycles. The summed E-state index contributed by atoms with van der Waals surface area (Å²) in [5, 5.41) is 9.67. The van der Waals surface area contributed by atoms with Crippen molar-refractivity contribution in [2.45, 2.75) is 6.18 Å². The molecule has 2 aromatic carbocycles. The fourth-order valence-electron chi connectivity index (χ4n) is 2.22. The first-order valence-electron chi connectivity index (χ1n) is 6.13. The van der Waals surface area contributed by atoms with Crippen LogP contribution in [0, 0.1) is 6.07 Å². The van der Waals surface area contributed by atoms with Crippen LogP contribution in [0.15, 0.2) is 48.7 Å². The van der Waals surface area contributed by atoms with Crippen molar-refractivity contribution in [1.29, 1.82) is 0 Å². The number of phenols is 1. The fraction of sp³-hybridized carbons (Fsp3) is 0.0625. The molecule has 0 fully saturated rings. The van der Waals surface area contributed by atoms with E-state index in [0.29, 0.717) is 16.5 Å². The number of alkyl halides is 3. The molecule has 1 heterocycles. The molecule has 1 N–H and O–H groups in total. The Kier molecular flexibility index (Phi) is 3.05. The Hall–Kier alpha value is -2.56. The summed E-state index contributed by atoms with van der Waals surface area (Å²) < 4.78 is 39.1. The average molecular weight is 288 g/mol. The van der Waals surface area contributed by atoms with Gasteiger partial charge in [-0.3, -0.25) is 4.98 Å². The highest BCUT2D eigenvalue weighted by Crippen LogP contribution is 2.36. The minimum Gasteiger partial charge on any atom is -0.508 e. The molecule has 3 aromatic rings. The highest BCUT2D eigenvalue weighted by molar-refractivity contribution is 5.95. The number of hydrogen-bond acceptors (Lipinski definition) is 2. The average Bonchev–Trinajstić information content (AvgIpc) is 2.46. The molecule has 0 aliphatic heterocycles. The van der Waals surface area contributed by atoms with Gasteiger partial charge in [-0.2, -0.15) is 13.2 Å². The predicted octanol–water partition coefficient (Wildman–Crippen LogP) is 4.43. The van der Waals surface area contributed by atoms with Gasteiger partial charge in [0.1, 0.15) is 5.75 Å². The second kappa shape index (κ2) is 4.77. The first kappa shape index (κ1) is 13.4. The Morgan fingerprint density at radius 1 is 1.00 bits per heavy atom. The lowest BCUT2D eigenvalue weighted by Gasteiger charge is -2.12. The van der Waals surface area contributed by atoms with Crippen LogP contribution in [0.1, 0.15) is 5.56 Å². The van der Waals surface area contributed by atoms with Gasteiger partial charge in [-0.25, -0.2) is 0 Å². The van der Waals surface area contributed by atoms with Crippen LogP contribution in [0.5, 0.6) is 5.75 Å². The summed E-state index contributed by atoms with van der Waals surface area (Å²) >= 11 is 0. The minimum atomic E-state index is -4.46. The summed E-state index contributed by atoms with van der Waals surface area (Å²) in [4.78, 5) is 3.83. The third-order valence-electron chi connectivity index (χ3n) is 3.17. The lowest BCUT2D eigenvalue weighted by Crippen LogP contribution is -2.06. The van der Waals surface area contributed by atoms with E-state index in [-0.39, 0.29) is 11.3 Å². The summed E-state index contributed by atoms with van der Waals surface area (Å²) in [6.07, 6.45) is -3.22. The number of para-hydroxylation sites is 1. The molecule has 0 atom stereocenters. The van der Waals surface area contributed by atoms with Crippen molar-refractivity contribution in [3.63, 3.8) is 0 Å². The van der Waals surface area contributed by atoms with Gasteiger partial charge in [0.05, 0.1) is 11.1 Å². The molecule has 0 unspecified atom stereocenters. The lowest BCUT2D eigenvalue weighted by molar-refractivity contribution is -0.136. The molecule has 0 amide bonds. The number of rotatable bonds is 1. The molecule has 105 valence electrons. The van der Waals surface area contributed by atoms with Gasteiger partial charge < -0.3 is 5.11 Å². The van der Waals surface area contributed by atoms with E-state index in [1.54, 1.807) is 18.2 Å². The van der Waals surface area contributed by atoms with Crippen molar-refractivity contribution in [3.8, 4) is 16.9 Å².